The highest BCUT2D eigenvalue weighted by molar-refractivity contribution is 5.79. The maximum Gasteiger partial charge on any atom is 0.225 e. The molecule has 0 atom stereocenters. The van der Waals surface area contributed by atoms with Crippen LogP contribution in [0.25, 0.3) is 0 Å². The van der Waals surface area contributed by atoms with Gasteiger partial charge in [-0.3, -0.25) is 4.79 Å². The number of likely N-dealkylation sites (tertiary alicyclic amines) is 2. The molecule has 182 valence electrons. The van der Waals surface area contributed by atoms with Gasteiger partial charge in [0.25, 0.3) is 0 Å². The highest BCUT2D eigenvalue weighted by atomic mass is 19.1. The minimum Gasteiger partial charge on any atom is -0.484 e. The number of ether oxygens (including phenoxy) is 1. The van der Waals surface area contributed by atoms with Crippen molar-refractivity contribution in [1.29, 1.82) is 0 Å². The van der Waals surface area contributed by atoms with E-state index >= 15 is 0 Å². The number of carbonyl (C=O) groups is 1. The first kappa shape index (κ1) is 26.5. The standard InChI is InChI=1S/C22H32F3N3O2.C2H6/c23-17-14-19(24)21(20(25)15-17)30-18-6-12-28(13-7-18)22(29)16-4-10-27(11-5-16)9-3-1-2-8-26;1-2/h14-16,18H,1-13,26H2;1-2H3. The largest absolute Gasteiger partial charge is 0.484 e. The molecule has 3 rings (SSSR count). The summed E-state index contributed by atoms with van der Waals surface area (Å²) < 4.78 is 46.0. The SMILES string of the molecule is CC.NCCCCCN1CCC(C(=O)N2CCC(Oc3c(F)cc(F)cc3F)CC2)CC1. The van der Waals surface area contributed by atoms with Crippen molar-refractivity contribution >= 4 is 5.91 Å². The third-order valence-electron chi connectivity index (χ3n) is 6.12. The number of amides is 1. The minimum absolute atomic E-state index is 0.0507. The quantitative estimate of drug-likeness (QED) is 0.590. The molecule has 0 unspecified atom stereocenters. The lowest BCUT2D eigenvalue weighted by Gasteiger charge is -2.37. The van der Waals surface area contributed by atoms with Crippen LogP contribution >= 0.6 is 0 Å². The summed E-state index contributed by atoms with van der Waals surface area (Å²) >= 11 is 0. The molecule has 0 spiro atoms. The molecule has 2 N–H and O–H groups in total. The lowest BCUT2D eigenvalue weighted by atomic mass is 9.94. The highest BCUT2D eigenvalue weighted by Crippen LogP contribution is 2.28. The van der Waals surface area contributed by atoms with E-state index in [1.807, 2.05) is 18.7 Å². The van der Waals surface area contributed by atoms with E-state index in [1.165, 1.54) is 0 Å². The van der Waals surface area contributed by atoms with Gasteiger partial charge in [-0.2, -0.15) is 0 Å². The lowest BCUT2D eigenvalue weighted by molar-refractivity contribution is -0.139. The molecule has 1 amide bonds. The Morgan fingerprint density at radius 1 is 0.969 bits per heavy atom. The summed E-state index contributed by atoms with van der Waals surface area (Å²) in [6.45, 7) is 8.72. The Hall–Kier alpha value is -1.80. The Kier molecular flexibility index (Phi) is 11.3. The van der Waals surface area contributed by atoms with Crippen LogP contribution in [0, 0.1) is 23.4 Å². The fourth-order valence-corrected chi connectivity index (χ4v) is 4.32. The second-order valence-electron chi connectivity index (χ2n) is 8.31. The smallest absolute Gasteiger partial charge is 0.225 e. The number of nitrogens with zero attached hydrogens (tertiary/aromatic N) is 2. The van der Waals surface area contributed by atoms with Gasteiger partial charge in [0.05, 0.1) is 0 Å². The monoisotopic (exact) mass is 457 g/mol. The van der Waals surface area contributed by atoms with Crippen LogP contribution in [0.3, 0.4) is 0 Å². The van der Waals surface area contributed by atoms with E-state index in [1.54, 1.807) is 0 Å². The number of rotatable bonds is 8. The van der Waals surface area contributed by atoms with Crippen molar-refractivity contribution in [3.63, 3.8) is 0 Å². The van der Waals surface area contributed by atoms with E-state index in [0.29, 0.717) is 38.1 Å². The summed E-state index contributed by atoms with van der Waals surface area (Å²) in [5, 5.41) is 0. The molecular formula is C24H38F3N3O2. The molecule has 0 bridgehead atoms. The predicted octanol–water partition coefficient (Wildman–Crippen LogP) is 4.34. The van der Waals surface area contributed by atoms with E-state index in [9.17, 15) is 18.0 Å². The maximum absolute atomic E-state index is 13.8. The van der Waals surface area contributed by atoms with Gasteiger partial charge in [0.1, 0.15) is 11.9 Å². The molecule has 0 saturated carbocycles. The van der Waals surface area contributed by atoms with Gasteiger partial charge in [-0.1, -0.05) is 20.3 Å². The molecule has 8 heteroatoms. The molecule has 1 aromatic carbocycles. The van der Waals surface area contributed by atoms with Gasteiger partial charge >= 0.3 is 0 Å². The molecule has 2 aliphatic rings. The molecule has 2 fully saturated rings. The van der Waals surface area contributed by atoms with Gasteiger partial charge in [-0.25, -0.2) is 13.2 Å². The topological polar surface area (TPSA) is 58.8 Å². The average molecular weight is 458 g/mol. The average Bonchev–Trinajstić information content (AvgIpc) is 2.81. The summed E-state index contributed by atoms with van der Waals surface area (Å²) in [6.07, 6.45) is 5.73. The van der Waals surface area contributed by atoms with Crippen LogP contribution in [0.15, 0.2) is 12.1 Å². The van der Waals surface area contributed by atoms with Gasteiger partial charge in [0.2, 0.25) is 5.91 Å². The second kappa shape index (κ2) is 13.7. The van der Waals surface area contributed by atoms with E-state index in [0.717, 1.165) is 58.3 Å². The first-order chi connectivity index (χ1) is 15.5. The van der Waals surface area contributed by atoms with Crippen LogP contribution < -0.4 is 10.5 Å². The summed E-state index contributed by atoms with van der Waals surface area (Å²) in [5.74, 6) is -3.37. The summed E-state index contributed by atoms with van der Waals surface area (Å²) in [4.78, 5) is 17.1. The lowest BCUT2D eigenvalue weighted by Crippen LogP contribution is -2.47. The van der Waals surface area contributed by atoms with Crippen molar-refractivity contribution in [3.05, 3.63) is 29.6 Å². The minimum atomic E-state index is -1.04. The zero-order chi connectivity index (χ0) is 23.5. The molecule has 1 aromatic rings. The van der Waals surface area contributed by atoms with E-state index in [2.05, 4.69) is 4.90 Å². The van der Waals surface area contributed by atoms with Gasteiger partial charge in [0.15, 0.2) is 17.4 Å². The number of benzene rings is 1. The molecule has 2 saturated heterocycles. The number of nitrogens with two attached hydrogens (primary N) is 1. The second-order valence-corrected chi connectivity index (χ2v) is 8.31. The van der Waals surface area contributed by atoms with Crippen LogP contribution in [-0.2, 0) is 4.79 Å². The fourth-order valence-electron chi connectivity index (χ4n) is 4.32. The number of hydrogen-bond acceptors (Lipinski definition) is 4. The summed E-state index contributed by atoms with van der Waals surface area (Å²) in [5.41, 5.74) is 5.53. The van der Waals surface area contributed by atoms with E-state index in [4.69, 9.17) is 10.5 Å². The maximum atomic E-state index is 13.8. The number of halogens is 3. The molecule has 2 heterocycles. The van der Waals surface area contributed by atoms with Crippen LogP contribution in [0.4, 0.5) is 13.2 Å². The van der Waals surface area contributed by atoms with Crippen LogP contribution in [0.1, 0.15) is 58.8 Å². The van der Waals surface area contributed by atoms with Crippen molar-refractivity contribution in [1.82, 2.24) is 9.80 Å². The Labute approximate surface area is 190 Å². The molecule has 32 heavy (non-hydrogen) atoms. The van der Waals surface area contributed by atoms with Gasteiger partial charge in [-0.05, 0) is 51.9 Å². The van der Waals surface area contributed by atoms with Crippen LogP contribution in [0.2, 0.25) is 0 Å². The molecule has 0 aliphatic carbocycles. The van der Waals surface area contributed by atoms with Crippen LogP contribution in [-0.4, -0.2) is 61.1 Å². The summed E-state index contributed by atoms with van der Waals surface area (Å²) in [6, 6.07) is 1.23. The first-order valence-corrected chi connectivity index (χ1v) is 12.0. The van der Waals surface area contributed by atoms with Gasteiger partial charge in [0, 0.05) is 44.0 Å². The Morgan fingerprint density at radius 3 is 2.12 bits per heavy atom. The van der Waals surface area contributed by atoms with Crippen molar-refractivity contribution in [2.24, 2.45) is 11.7 Å². The molecule has 0 radical (unpaired) electrons. The van der Waals surface area contributed by atoms with Gasteiger partial charge in [-0.15, -0.1) is 0 Å². The normalized spacial score (nSPS) is 18.2. The van der Waals surface area contributed by atoms with Gasteiger partial charge < -0.3 is 20.3 Å². The molecule has 5 nitrogen and oxygen atoms in total. The number of hydrogen-bond donors (Lipinski definition) is 1. The Balaban J connectivity index is 0.00000176. The van der Waals surface area contributed by atoms with Crippen molar-refractivity contribution < 1.29 is 22.7 Å². The van der Waals surface area contributed by atoms with E-state index < -0.39 is 23.2 Å². The third kappa shape index (κ3) is 7.66. The molecular weight excluding hydrogens is 419 g/mol. The molecule has 0 aromatic heterocycles. The zero-order valence-corrected chi connectivity index (χ0v) is 19.4. The fraction of sp³-hybridized carbons (Fsp3) is 0.708. The number of carbonyl (C=O) groups excluding carboxylic acids is 1. The highest BCUT2D eigenvalue weighted by Gasteiger charge is 2.31. The van der Waals surface area contributed by atoms with E-state index in [-0.39, 0.29) is 17.9 Å². The van der Waals surface area contributed by atoms with Crippen molar-refractivity contribution in [2.75, 3.05) is 39.3 Å². The third-order valence-corrected chi connectivity index (χ3v) is 6.12. The predicted molar refractivity (Wildman–Crippen MR) is 120 cm³/mol. The van der Waals surface area contributed by atoms with Crippen LogP contribution in [0.5, 0.6) is 5.75 Å². The van der Waals surface area contributed by atoms with Crippen molar-refractivity contribution in [2.45, 2.75) is 64.9 Å². The molecule has 2 aliphatic heterocycles. The Bertz CT molecular complexity index is 681. The first-order valence-electron chi connectivity index (χ1n) is 12.0. The number of piperidine rings is 2. The number of unbranched alkanes of at least 4 members (excludes halogenated alkanes) is 2. The zero-order valence-electron chi connectivity index (χ0n) is 19.4. The Morgan fingerprint density at radius 2 is 1.56 bits per heavy atom. The summed E-state index contributed by atoms with van der Waals surface area (Å²) in [7, 11) is 0. The van der Waals surface area contributed by atoms with Crippen molar-refractivity contribution in [3.8, 4) is 5.75 Å².